The van der Waals surface area contributed by atoms with Gasteiger partial charge in [-0.1, -0.05) is 0 Å². The summed E-state index contributed by atoms with van der Waals surface area (Å²) in [6.45, 7) is 8.03. The number of anilines is 1. The van der Waals surface area contributed by atoms with Crippen LogP contribution in [0.1, 0.15) is 39.0 Å². The second kappa shape index (κ2) is 5.71. The van der Waals surface area contributed by atoms with Gasteiger partial charge in [-0.25, -0.2) is 4.79 Å². The molecule has 2 rings (SSSR count). The first-order chi connectivity index (χ1) is 9.74. The van der Waals surface area contributed by atoms with Crippen LogP contribution in [0.4, 0.5) is 10.5 Å². The Hall–Kier alpha value is -2.11. The van der Waals surface area contributed by atoms with Gasteiger partial charge in [-0.15, -0.1) is 0 Å². The van der Waals surface area contributed by atoms with Crippen LogP contribution in [0.25, 0.3) is 0 Å². The van der Waals surface area contributed by atoms with E-state index in [0.717, 1.165) is 11.3 Å². The van der Waals surface area contributed by atoms with Gasteiger partial charge in [-0.3, -0.25) is 9.78 Å². The van der Waals surface area contributed by atoms with Gasteiger partial charge >= 0.3 is 6.09 Å². The molecule has 0 fully saturated rings. The van der Waals surface area contributed by atoms with Gasteiger partial charge in [0.15, 0.2) is 0 Å². The Morgan fingerprint density at radius 3 is 2.71 bits per heavy atom. The molecule has 0 bridgehead atoms. The van der Waals surface area contributed by atoms with E-state index < -0.39 is 5.60 Å². The number of rotatable bonds is 1. The highest BCUT2D eigenvalue weighted by Crippen LogP contribution is 2.22. The number of nitrogens with one attached hydrogen (secondary N) is 1. The molecule has 0 radical (unpaired) electrons. The van der Waals surface area contributed by atoms with E-state index in [4.69, 9.17) is 4.74 Å². The van der Waals surface area contributed by atoms with E-state index in [9.17, 15) is 9.59 Å². The van der Waals surface area contributed by atoms with Crippen molar-refractivity contribution in [3.05, 3.63) is 23.5 Å². The Kier molecular flexibility index (Phi) is 4.16. The number of fused-ring (bicyclic) bond motifs is 1. The Morgan fingerprint density at radius 2 is 2.10 bits per heavy atom. The lowest BCUT2D eigenvalue weighted by Gasteiger charge is -2.30. The van der Waals surface area contributed by atoms with Crippen molar-refractivity contribution < 1.29 is 14.3 Å². The fourth-order valence-corrected chi connectivity index (χ4v) is 2.18. The predicted octanol–water partition coefficient (Wildman–Crippen LogP) is 2.33. The van der Waals surface area contributed by atoms with Crippen LogP contribution in [0.3, 0.4) is 0 Å². The molecule has 1 aromatic heterocycles. The van der Waals surface area contributed by atoms with Gasteiger partial charge in [0.2, 0.25) is 5.91 Å². The van der Waals surface area contributed by atoms with Crippen molar-refractivity contribution in [3.8, 4) is 0 Å². The monoisotopic (exact) mass is 291 g/mol. The Bertz CT molecular complexity index is 564. The van der Waals surface area contributed by atoms with Gasteiger partial charge in [-0.05, 0) is 32.4 Å². The Morgan fingerprint density at radius 1 is 1.38 bits per heavy atom. The number of carbonyl (C=O) groups is 2. The van der Waals surface area contributed by atoms with Crippen molar-refractivity contribution >= 4 is 17.7 Å². The largest absolute Gasteiger partial charge is 0.444 e. The predicted molar refractivity (Wildman–Crippen MR) is 78.9 cm³/mol. The average Bonchev–Trinajstić information content (AvgIpc) is 2.35. The minimum atomic E-state index is -0.506. The first kappa shape index (κ1) is 15.3. The highest BCUT2D eigenvalue weighted by molar-refractivity contribution is 5.88. The molecule has 0 aliphatic carbocycles. The first-order valence-electron chi connectivity index (χ1n) is 6.98. The van der Waals surface area contributed by atoms with Gasteiger partial charge < -0.3 is 15.0 Å². The van der Waals surface area contributed by atoms with Gasteiger partial charge in [0.05, 0.1) is 18.4 Å². The van der Waals surface area contributed by atoms with Gasteiger partial charge in [0.1, 0.15) is 5.60 Å². The molecule has 0 saturated carbocycles. The molecule has 6 heteroatoms. The molecular formula is C15H21N3O3. The SMILES string of the molecule is CC(=O)Nc1cnc2c(c1)CN(C(=O)OC(C)(C)C)CC2. The topological polar surface area (TPSA) is 71.5 Å². The van der Waals surface area contributed by atoms with E-state index in [1.807, 2.05) is 26.8 Å². The van der Waals surface area contributed by atoms with Crippen LogP contribution in [-0.2, 0) is 22.5 Å². The number of aromatic nitrogens is 1. The van der Waals surface area contributed by atoms with E-state index >= 15 is 0 Å². The molecule has 0 spiro atoms. The van der Waals surface area contributed by atoms with Crippen LogP contribution in [0.2, 0.25) is 0 Å². The highest BCUT2D eigenvalue weighted by atomic mass is 16.6. The van der Waals surface area contributed by atoms with E-state index in [0.29, 0.717) is 25.2 Å². The third-order valence-electron chi connectivity index (χ3n) is 3.01. The fourth-order valence-electron chi connectivity index (χ4n) is 2.18. The molecule has 1 aliphatic heterocycles. The minimum absolute atomic E-state index is 0.142. The minimum Gasteiger partial charge on any atom is -0.444 e. The second-order valence-corrected chi connectivity index (χ2v) is 6.16. The van der Waals surface area contributed by atoms with Crippen LogP contribution in [0.15, 0.2) is 12.3 Å². The average molecular weight is 291 g/mol. The summed E-state index contributed by atoms with van der Waals surface area (Å²) < 4.78 is 5.38. The standard InChI is InChI=1S/C15H21N3O3/c1-10(19)17-12-7-11-9-18(6-5-13(11)16-8-12)14(20)21-15(2,3)4/h7-8H,5-6,9H2,1-4H3,(H,17,19). The number of pyridine rings is 1. The maximum Gasteiger partial charge on any atom is 0.410 e. The van der Waals surface area contributed by atoms with Crippen molar-refractivity contribution in [2.24, 2.45) is 0 Å². The number of amides is 2. The summed E-state index contributed by atoms with van der Waals surface area (Å²) in [6, 6.07) is 1.86. The van der Waals surface area contributed by atoms with Crippen molar-refractivity contribution in [3.63, 3.8) is 0 Å². The van der Waals surface area contributed by atoms with E-state index in [2.05, 4.69) is 10.3 Å². The highest BCUT2D eigenvalue weighted by Gasteiger charge is 2.26. The van der Waals surface area contributed by atoms with Crippen molar-refractivity contribution in [2.45, 2.75) is 46.3 Å². The molecule has 6 nitrogen and oxygen atoms in total. The lowest BCUT2D eigenvalue weighted by Crippen LogP contribution is -2.40. The Labute approximate surface area is 124 Å². The zero-order chi connectivity index (χ0) is 15.6. The lowest BCUT2D eigenvalue weighted by molar-refractivity contribution is -0.114. The second-order valence-electron chi connectivity index (χ2n) is 6.16. The summed E-state index contributed by atoms with van der Waals surface area (Å²) >= 11 is 0. The van der Waals surface area contributed by atoms with Crippen LogP contribution in [0.5, 0.6) is 0 Å². The summed E-state index contributed by atoms with van der Waals surface area (Å²) in [5, 5.41) is 2.70. The normalized spacial score (nSPS) is 14.4. The molecule has 0 aromatic carbocycles. The molecule has 1 aliphatic rings. The number of carbonyl (C=O) groups excluding carboxylic acids is 2. The molecule has 2 heterocycles. The van der Waals surface area contributed by atoms with Crippen LogP contribution >= 0.6 is 0 Å². The molecule has 1 aromatic rings. The van der Waals surface area contributed by atoms with Crippen LogP contribution in [0, 0.1) is 0 Å². The fraction of sp³-hybridized carbons (Fsp3) is 0.533. The zero-order valence-electron chi connectivity index (χ0n) is 12.9. The smallest absolute Gasteiger partial charge is 0.410 e. The van der Waals surface area contributed by atoms with Crippen LogP contribution < -0.4 is 5.32 Å². The molecule has 0 saturated heterocycles. The third-order valence-corrected chi connectivity index (χ3v) is 3.01. The summed E-state index contributed by atoms with van der Waals surface area (Å²) in [5.41, 5.74) is 2.04. The first-order valence-corrected chi connectivity index (χ1v) is 6.98. The zero-order valence-corrected chi connectivity index (χ0v) is 12.9. The van der Waals surface area contributed by atoms with E-state index in [1.165, 1.54) is 6.92 Å². The maximum atomic E-state index is 12.1. The molecule has 0 unspecified atom stereocenters. The summed E-state index contributed by atoms with van der Waals surface area (Å²) in [7, 11) is 0. The number of ether oxygens (including phenoxy) is 1. The molecular weight excluding hydrogens is 270 g/mol. The number of hydrogen-bond acceptors (Lipinski definition) is 4. The lowest BCUT2D eigenvalue weighted by atomic mass is 10.1. The van der Waals surface area contributed by atoms with Gasteiger partial charge in [0.25, 0.3) is 0 Å². The Balaban J connectivity index is 2.11. The van der Waals surface area contributed by atoms with Gasteiger partial charge in [-0.2, -0.15) is 0 Å². The molecule has 0 atom stereocenters. The van der Waals surface area contributed by atoms with Gasteiger partial charge in [0, 0.05) is 25.6 Å². The van der Waals surface area contributed by atoms with Crippen LogP contribution in [-0.4, -0.2) is 34.0 Å². The summed E-state index contributed by atoms with van der Waals surface area (Å²) in [6.07, 6.45) is 2.01. The van der Waals surface area contributed by atoms with Crippen molar-refractivity contribution in [2.75, 3.05) is 11.9 Å². The van der Waals surface area contributed by atoms with Crippen molar-refractivity contribution in [1.29, 1.82) is 0 Å². The maximum absolute atomic E-state index is 12.1. The molecule has 114 valence electrons. The quantitative estimate of drug-likeness (QED) is 0.862. The molecule has 21 heavy (non-hydrogen) atoms. The molecule has 2 amide bonds. The number of hydrogen-bond donors (Lipinski definition) is 1. The third kappa shape index (κ3) is 4.18. The van der Waals surface area contributed by atoms with Crippen molar-refractivity contribution in [1.82, 2.24) is 9.88 Å². The molecule has 1 N–H and O–H groups in total. The number of nitrogens with zero attached hydrogens (tertiary/aromatic N) is 2. The summed E-state index contributed by atoms with van der Waals surface area (Å²) in [5.74, 6) is -0.142. The van der Waals surface area contributed by atoms with E-state index in [-0.39, 0.29) is 12.0 Å². The van der Waals surface area contributed by atoms with E-state index in [1.54, 1.807) is 11.1 Å². The summed E-state index contributed by atoms with van der Waals surface area (Å²) in [4.78, 5) is 29.2.